The van der Waals surface area contributed by atoms with Crippen LogP contribution in [0.1, 0.15) is 6.42 Å². The van der Waals surface area contributed by atoms with Crippen molar-refractivity contribution in [1.29, 1.82) is 5.41 Å². The molecule has 1 atom stereocenters. The topological polar surface area (TPSA) is 135 Å². The molecule has 1 aliphatic rings. The fraction of sp³-hybridized carbons (Fsp3) is 0.429. The highest BCUT2D eigenvalue weighted by Gasteiger charge is 2.45. The first-order valence-corrected chi connectivity index (χ1v) is 9.15. The molecular formula is C14H16F4N4O5S. The summed E-state index contributed by atoms with van der Waals surface area (Å²) in [5, 5.41) is 9.15. The van der Waals surface area contributed by atoms with E-state index in [1.165, 1.54) is 0 Å². The maximum absolute atomic E-state index is 14.1. The summed E-state index contributed by atoms with van der Waals surface area (Å²) in [6.07, 6.45) is -5.09. The van der Waals surface area contributed by atoms with E-state index in [9.17, 15) is 30.8 Å². The Kier molecular flexibility index (Phi) is 6.46. The zero-order valence-electron chi connectivity index (χ0n) is 14.1. The summed E-state index contributed by atoms with van der Waals surface area (Å²) in [4.78, 5) is 14.5. The lowest BCUT2D eigenvalue weighted by Gasteiger charge is -2.23. The normalized spacial score (nSPS) is 17.5. The van der Waals surface area contributed by atoms with Crippen LogP contribution in [-0.4, -0.2) is 50.7 Å². The molecule has 0 amide bonds. The second-order valence-corrected chi connectivity index (χ2v) is 7.61. The quantitative estimate of drug-likeness (QED) is 0.268. The van der Waals surface area contributed by atoms with Gasteiger partial charge in [0, 0.05) is 12.5 Å². The van der Waals surface area contributed by atoms with Crippen LogP contribution in [0.25, 0.3) is 0 Å². The minimum Gasteiger partial charge on any atom is -0.381 e. The molecule has 0 aromatic heterocycles. The van der Waals surface area contributed by atoms with Crippen LogP contribution < -0.4 is 11.1 Å². The average molecular weight is 428 g/mol. The van der Waals surface area contributed by atoms with Gasteiger partial charge in [-0.05, 0) is 29.1 Å². The van der Waals surface area contributed by atoms with Crippen LogP contribution in [0.4, 0.5) is 23.2 Å². The predicted molar refractivity (Wildman–Crippen MR) is 86.9 cm³/mol. The van der Waals surface area contributed by atoms with Crippen LogP contribution in [-0.2, 0) is 24.4 Å². The number of anilines is 1. The standard InChI is InChI=1S/C14H16F4N4O5S/c15-10-5-9(1-2-11(10)21-13(19)20)28(24,25)22(6-8-3-4-26-7-8)27-12(23)14(16,17)18/h1-2,5,8H,3-4,6-7H2,(H4,19,20,21). The summed E-state index contributed by atoms with van der Waals surface area (Å²) in [5.41, 5.74) is 4.73. The van der Waals surface area contributed by atoms with Crippen molar-refractivity contribution in [2.75, 3.05) is 25.1 Å². The summed E-state index contributed by atoms with van der Waals surface area (Å²) in [5.74, 6) is -5.00. The van der Waals surface area contributed by atoms with Crippen molar-refractivity contribution in [3.63, 3.8) is 0 Å². The zero-order chi connectivity index (χ0) is 21.1. The Morgan fingerprint density at radius 2 is 2.11 bits per heavy atom. The number of hydrogen-bond acceptors (Lipinski definition) is 6. The highest BCUT2D eigenvalue weighted by Crippen LogP contribution is 2.26. The molecule has 1 aromatic rings. The van der Waals surface area contributed by atoms with Crippen molar-refractivity contribution < 1.29 is 40.3 Å². The molecule has 4 N–H and O–H groups in total. The predicted octanol–water partition coefficient (Wildman–Crippen LogP) is 1.18. The number of hydrogen-bond donors (Lipinski definition) is 3. The number of rotatable bonds is 6. The van der Waals surface area contributed by atoms with Gasteiger partial charge in [-0.3, -0.25) is 5.41 Å². The lowest BCUT2D eigenvalue weighted by atomic mass is 10.1. The molecule has 1 aliphatic heterocycles. The van der Waals surface area contributed by atoms with Crippen molar-refractivity contribution in [2.45, 2.75) is 17.5 Å². The summed E-state index contributed by atoms with van der Waals surface area (Å²) in [6, 6.07) is 2.29. The number of benzene rings is 1. The summed E-state index contributed by atoms with van der Waals surface area (Å²) >= 11 is 0. The molecule has 9 nitrogen and oxygen atoms in total. The molecular weight excluding hydrogens is 412 g/mol. The molecule has 0 aliphatic carbocycles. The first-order valence-electron chi connectivity index (χ1n) is 7.71. The third kappa shape index (κ3) is 5.30. The van der Waals surface area contributed by atoms with E-state index in [2.05, 4.69) is 10.2 Å². The van der Waals surface area contributed by atoms with E-state index in [4.69, 9.17) is 15.9 Å². The van der Waals surface area contributed by atoms with E-state index in [1.807, 2.05) is 0 Å². The summed E-state index contributed by atoms with van der Waals surface area (Å²) < 4.78 is 81.9. The molecule has 0 spiro atoms. The van der Waals surface area contributed by atoms with Crippen LogP contribution in [0.15, 0.2) is 23.1 Å². The summed E-state index contributed by atoms with van der Waals surface area (Å²) in [6.45, 7) is -0.267. The molecule has 0 radical (unpaired) electrons. The Morgan fingerprint density at radius 1 is 1.43 bits per heavy atom. The first-order chi connectivity index (χ1) is 12.9. The lowest BCUT2D eigenvalue weighted by molar-refractivity contribution is -0.223. The number of nitrogens with one attached hydrogen (secondary N) is 2. The van der Waals surface area contributed by atoms with Crippen molar-refractivity contribution in [3.8, 4) is 0 Å². The van der Waals surface area contributed by atoms with Crippen LogP contribution in [0.2, 0.25) is 0 Å². The number of guanidine groups is 1. The molecule has 1 unspecified atom stereocenters. The number of carbonyl (C=O) groups excluding carboxylic acids is 1. The number of carbonyl (C=O) groups is 1. The first kappa shape index (κ1) is 21.8. The number of nitrogens with zero attached hydrogens (tertiary/aromatic N) is 1. The van der Waals surface area contributed by atoms with Crippen molar-refractivity contribution in [2.24, 2.45) is 11.7 Å². The molecule has 0 saturated carbocycles. The fourth-order valence-electron chi connectivity index (χ4n) is 2.29. The Labute approximate surface area is 156 Å². The van der Waals surface area contributed by atoms with Gasteiger partial charge in [-0.1, -0.05) is 0 Å². The molecule has 2 rings (SSSR count). The molecule has 1 fully saturated rings. The van der Waals surface area contributed by atoms with Gasteiger partial charge in [-0.2, -0.15) is 13.2 Å². The largest absolute Gasteiger partial charge is 0.492 e. The monoisotopic (exact) mass is 428 g/mol. The minimum absolute atomic E-state index is 0.0609. The van der Waals surface area contributed by atoms with Gasteiger partial charge in [0.05, 0.1) is 23.7 Å². The average Bonchev–Trinajstić information content (AvgIpc) is 3.07. The van der Waals surface area contributed by atoms with Crippen LogP contribution >= 0.6 is 0 Å². The Hall–Kier alpha value is -2.45. The van der Waals surface area contributed by atoms with Gasteiger partial charge in [0.15, 0.2) is 5.96 Å². The second kappa shape index (κ2) is 8.28. The van der Waals surface area contributed by atoms with Gasteiger partial charge in [-0.15, -0.1) is 0 Å². The van der Waals surface area contributed by atoms with E-state index >= 15 is 0 Å². The van der Waals surface area contributed by atoms with Crippen LogP contribution in [0.3, 0.4) is 0 Å². The fourth-order valence-corrected chi connectivity index (χ4v) is 3.59. The SMILES string of the molecule is N=C(N)Nc1ccc(S(=O)(=O)N(CC2CCOC2)OC(=O)C(F)(F)F)cc1F. The molecule has 1 aromatic carbocycles. The Bertz CT molecular complexity index is 856. The number of ether oxygens (including phenoxy) is 1. The van der Waals surface area contributed by atoms with Gasteiger partial charge in [0.2, 0.25) is 0 Å². The smallest absolute Gasteiger partial charge is 0.381 e. The van der Waals surface area contributed by atoms with Crippen LogP contribution in [0.5, 0.6) is 0 Å². The Morgan fingerprint density at radius 3 is 2.61 bits per heavy atom. The third-order valence-corrected chi connectivity index (χ3v) is 5.23. The molecule has 1 heterocycles. The highest BCUT2D eigenvalue weighted by atomic mass is 32.2. The van der Waals surface area contributed by atoms with Gasteiger partial charge in [-0.25, -0.2) is 17.6 Å². The van der Waals surface area contributed by atoms with Crippen LogP contribution in [0, 0.1) is 17.1 Å². The molecule has 28 heavy (non-hydrogen) atoms. The number of alkyl halides is 3. The van der Waals surface area contributed by atoms with E-state index in [-0.39, 0.29) is 23.4 Å². The molecule has 14 heteroatoms. The van der Waals surface area contributed by atoms with E-state index in [0.29, 0.717) is 12.5 Å². The van der Waals surface area contributed by atoms with Crippen molar-refractivity contribution in [1.82, 2.24) is 4.47 Å². The number of halogens is 4. The van der Waals surface area contributed by atoms with E-state index < -0.39 is 51.3 Å². The molecule has 156 valence electrons. The highest BCUT2D eigenvalue weighted by molar-refractivity contribution is 7.89. The van der Waals surface area contributed by atoms with Crippen molar-refractivity contribution >= 4 is 27.6 Å². The van der Waals surface area contributed by atoms with Gasteiger partial charge in [0.1, 0.15) is 5.82 Å². The number of nitrogens with two attached hydrogens (primary N) is 1. The molecule has 1 saturated heterocycles. The molecule has 0 bridgehead atoms. The third-order valence-electron chi connectivity index (χ3n) is 3.62. The Balaban J connectivity index is 2.34. The maximum Gasteiger partial charge on any atom is 0.492 e. The second-order valence-electron chi connectivity index (χ2n) is 5.78. The van der Waals surface area contributed by atoms with Gasteiger partial charge < -0.3 is 20.6 Å². The zero-order valence-corrected chi connectivity index (χ0v) is 14.9. The van der Waals surface area contributed by atoms with E-state index in [0.717, 1.165) is 12.1 Å². The van der Waals surface area contributed by atoms with Gasteiger partial charge >= 0.3 is 12.1 Å². The lowest BCUT2D eigenvalue weighted by Crippen LogP contribution is -2.41. The minimum atomic E-state index is -5.43. The number of sulfonamides is 1. The van der Waals surface area contributed by atoms with E-state index in [1.54, 1.807) is 0 Å². The van der Waals surface area contributed by atoms with Crippen molar-refractivity contribution in [3.05, 3.63) is 24.0 Å². The maximum atomic E-state index is 14.1. The number of hydroxylamine groups is 1. The van der Waals surface area contributed by atoms with Gasteiger partial charge in [0.25, 0.3) is 10.0 Å². The summed E-state index contributed by atoms with van der Waals surface area (Å²) in [7, 11) is -4.83.